The number of rotatable bonds is 3. The standard InChI is InChI=1S/C3H9ClOSi/c4-2-1-3-6-5/h5H,1-3,6H2. The van der Waals surface area contributed by atoms with Gasteiger partial charge in [-0.05, 0) is 12.5 Å². The monoisotopic (exact) mass is 124 g/mol. The molecule has 0 aromatic carbocycles. The van der Waals surface area contributed by atoms with Crippen molar-refractivity contribution in [2.45, 2.75) is 12.5 Å². The Morgan fingerprint density at radius 2 is 2.33 bits per heavy atom. The largest absolute Gasteiger partial charge is 0.438 e. The molecule has 0 radical (unpaired) electrons. The van der Waals surface area contributed by atoms with Gasteiger partial charge in [0.15, 0.2) is 9.76 Å². The lowest BCUT2D eigenvalue weighted by atomic mass is 10.6. The van der Waals surface area contributed by atoms with Crippen LogP contribution < -0.4 is 0 Å². The van der Waals surface area contributed by atoms with Crippen LogP contribution >= 0.6 is 11.6 Å². The molecule has 38 valence electrons. The first kappa shape index (κ1) is 6.47. The molecule has 0 aliphatic carbocycles. The summed E-state index contributed by atoms with van der Waals surface area (Å²) in [4.78, 5) is 8.28. The second kappa shape index (κ2) is 5.47. The van der Waals surface area contributed by atoms with E-state index in [4.69, 9.17) is 16.4 Å². The van der Waals surface area contributed by atoms with Gasteiger partial charge in [0.1, 0.15) is 0 Å². The summed E-state index contributed by atoms with van der Waals surface area (Å²) in [6, 6.07) is 0.976. The second-order valence-electron chi connectivity index (χ2n) is 1.12. The first-order valence-corrected chi connectivity index (χ1v) is 4.25. The van der Waals surface area contributed by atoms with Crippen molar-refractivity contribution in [1.29, 1.82) is 0 Å². The molecule has 0 amide bonds. The SMILES string of the molecule is O[SiH2]CCCCl. The molecule has 0 aromatic heterocycles. The molecule has 0 heterocycles. The number of hydrogen-bond acceptors (Lipinski definition) is 1. The topological polar surface area (TPSA) is 20.2 Å². The van der Waals surface area contributed by atoms with E-state index in [1.807, 2.05) is 0 Å². The Morgan fingerprint density at radius 1 is 1.67 bits per heavy atom. The average molecular weight is 125 g/mol. The van der Waals surface area contributed by atoms with Gasteiger partial charge in [-0.25, -0.2) is 0 Å². The van der Waals surface area contributed by atoms with Crippen molar-refractivity contribution in [1.82, 2.24) is 0 Å². The molecule has 0 bridgehead atoms. The molecule has 0 aliphatic heterocycles. The highest BCUT2D eigenvalue weighted by molar-refractivity contribution is 6.25. The number of halogens is 1. The van der Waals surface area contributed by atoms with E-state index < -0.39 is 9.76 Å². The summed E-state index contributed by atoms with van der Waals surface area (Å²) in [6.07, 6.45) is 0.990. The molecule has 0 rings (SSSR count). The Morgan fingerprint density at radius 3 is 2.50 bits per heavy atom. The van der Waals surface area contributed by atoms with Crippen molar-refractivity contribution >= 4 is 21.4 Å². The van der Waals surface area contributed by atoms with Crippen molar-refractivity contribution in [3.8, 4) is 0 Å². The molecular formula is C3H9ClOSi. The Bertz CT molecular complexity index is 22.8. The Labute approximate surface area is 45.3 Å². The van der Waals surface area contributed by atoms with Crippen LogP contribution in [0.1, 0.15) is 6.42 Å². The first-order chi connectivity index (χ1) is 2.91. The molecule has 1 N–H and O–H groups in total. The molecule has 0 aliphatic rings. The third-order valence-corrected chi connectivity index (χ3v) is 1.63. The quantitative estimate of drug-likeness (QED) is 0.322. The predicted molar refractivity (Wildman–Crippen MR) is 30.9 cm³/mol. The highest BCUT2D eigenvalue weighted by Gasteiger charge is 1.79. The summed E-state index contributed by atoms with van der Waals surface area (Å²) >= 11 is 5.29. The minimum atomic E-state index is -0.681. The number of alkyl halides is 1. The summed E-state index contributed by atoms with van der Waals surface area (Å²) in [7, 11) is -0.681. The van der Waals surface area contributed by atoms with Crippen molar-refractivity contribution in [2.24, 2.45) is 0 Å². The molecule has 0 saturated carbocycles. The first-order valence-electron chi connectivity index (χ1n) is 2.08. The summed E-state index contributed by atoms with van der Waals surface area (Å²) < 4.78 is 0. The summed E-state index contributed by atoms with van der Waals surface area (Å²) in [5.41, 5.74) is 0. The lowest BCUT2D eigenvalue weighted by Crippen LogP contribution is -1.84. The van der Waals surface area contributed by atoms with Crippen molar-refractivity contribution in [2.75, 3.05) is 5.88 Å². The van der Waals surface area contributed by atoms with E-state index in [2.05, 4.69) is 0 Å². The fraction of sp³-hybridized carbons (Fsp3) is 1.00. The zero-order valence-corrected chi connectivity index (χ0v) is 5.82. The molecule has 3 heteroatoms. The summed E-state index contributed by atoms with van der Waals surface area (Å²) in [5.74, 6) is 0.702. The van der Waals surface area contributed by atoms with Crippen LogP contribution in [0.25, 0.3) is 0 Å². The average Bonchev–Trinajstić information content (AvgIpc) is 1.61. The lowest BCUT2D eigenvalue weighted by Gasteiger charge is -1.83. The van der Waals surface area contributed by atoms with E-state index in [1.54, 1.807) is 0 Å². The highest BCUT2D eigenvalue weighted by Crippen LogP contribution is 1.87. The molecule has 0 aromatic rings. The zero-order chi connectivity index (χ0) is 4.83. The van der Waals surface area contributed by atoms with Gasteiger partial charge in [-0.3, -0.25) is 0 Å². The summed E-state index contributed by atoms with van der Waals surface area (Å²) in [6.45, 7) is 0. The van der Waals surface area contributed by atoms with Crippen LogP contribution in [0.5, 0.6) is 0 Å². The van der Waals surface area contributed by atoms with E-state index >= 15 is 0 Å². The van der Waals surface area contributed by atoms with Gasteiger partial charge in [-0.2, -0.15) is 0 Å². The van der Waals surface area contributed by atoms with Gasteiger partial charge in [0.25, 0.3) is 0 Å². The molecule has 0 unspecified atom stereocenters. The van der Waals surface area contributed by atoms with Crippen LogP contribution in [0.2, 0.25) is 6.04 Å². The molecular weight excluding hydrogens is 116 g/mol. The fourth-order valence-corrected chi connectivity index (χ4v) is 1.19. The molecule has 0 spiro atoms. The molecule has 6 heavy (non-hydrogen) atoms. The van der Waals surface area contributed by atoms with Gasteiger partial charge in [0, 0.05) is 5.88 Å². The van der Waals surface area contributed by atoms with E-state index in [9.17, 15) is 0 Å². The maximum atomic E-state index is 8.28. The van der Waals surface area contributed by atoms with Crippen LogP contribution in [0.15, 0.2) is 0 Å². The minimum absolute atomic E-state index is 0.681. The third kappa shape index (κ3) is 4.47. The Kier molecular flexibility index (Phi) is 5.89. The van der Waals surface area contributed by atoms with Gasteiger partial charge < -0.3 is 4.80 Å². The molecule has 1 nitrogen and oxygen atoms in total. The fourth-order valence-electron chi connectivity index (χ4n) is 0.206. The van der Waals surface area contributed by atoms with Gasteiger partial charge >= 0.3 is 0 Å². The number of hydrogen-bond donors (Lipinski definition) is 1. The van der Waals surface area contributed by atoms with E-state index in [1.165, 1.54) is 0 Å². The molecule has 0 atom stereocenters. The van der Waals surface area contributed by atoms with E-state index in [-0.39, 0.29) is 0 Å². The smallest absolute Gasteiger partial charge is 0.156 e. The van der Waals surface area contributed by atoms with Crippen LogP contribution in [-0.4, -0.2) is 20.4 Å². The van der Waals surface area contributed by atoms with Crippen molar-refractivity contribution < 1.29 is 4.80 Å². The van der Waals surface area contributed by atoms with Crippen LogP contribution in [0.3, 0.4) is 0 Å². The summed E-state index contributed by atoms with van der Waals surface area (Å²) in [5, 5.41) is 0. The Hall–Kier alpha value is 0.467. The molecule has 0 fully saturated rings. The highest BCUT2D eigenvalue weighted by atomic mass is 35.5. The maximum Gasteiger partial charge on any atom is 0.156 e. The minimum Gasteiger partial charge on any atom is -0.438 e. The predicted octanol–water partition coefficient (Wildman–Crippen LogP) is 0.110. The van der Waals surface area contributed by atoms with Gasteiger partial charge in [-0.15, -0.1) is 11.6 Å². The normalized spacial score (nSPS) is 11.0. The van der Waals surface area contributed by atoms with Crippen molar-refractivity contribution in [3.63, 3.8) is 0 Å². The van der Waals surface area contributed by atoms with E-state index in [0.717, 1.165) is 12.5 Å². The van der Waals surface area contributed by atoms with Gasteiger partial charge in [-0.1, -0.05) is 0 Å². The van der Waals surface area contributed by atoms with Crippen molar-refractivity contribution in [3.05, 3.63) is 0 Å². The van der Waals surface area contributed by atoms with E-state index in [0.29, 0.717) is 5.88 Å². The van der Waals surface area contributed by atoms with Gasteiger partial charge in [0.2, 0.25) is 0 Å². The van der Waals surface area contributed by atoms with Gasteiger partial charge in [0.05, 0.1) is 0 Å². The van der Waals surface area contributed by atoms with Crippen LogP contribution in [0, 0.1) is 0 Å². The Balaban J connectivity index is 2.34. The molecule has 0 saturated heterocycles. The zero-order valence-electron chi connectivity index (χ0n) is 3.65. The van der Waals surface area contributed by atoms with Crippen LogP contribution in [-0.2, 0) is 0 Å². The second-order valence-corrected chi connectivity index (χ2v) is 2.65. The third-order valence-electron chi connectivity index (χ3n) is 0.542. The lowest BCUT2D eigenvalue weighted by molar-refractivity contribution is 0.598. The van der Waals surface area contributed by atoms with Crippen LogP contribution in [0.4, 0.5) is 0 Å². The maximum absolute atomic E-state index is 8.28.